The smallest absolute Gasteiger partial charge is 0.243 e. The molecule has 5 heteroatoms. The number of hydrogen-bond donors (Lipinski definition) is 1. The summed E-state index contributed by atoms with van der Waals surface area (Å²) in [4.78, 5) is 4.41. The van der Waals surface area contributed by atoms with E-state index in [4.69, 9.17) is 11.6 Å². The minimum absolute atomic E-state index is 0.0936. The standard InChI is InChI=1S/C14H13ClN4/c1-10(11-5-4-6-12(15)9-11)16-14-17-13-7-2-3-8-19(13)18-14/h2-10H,1H3,(H,16,18). The number of hydrogen-bond acceptors (Lipinski definition) is 3. The van der Waals surface area contributed by atoms with Crippen LogP contribution in [0, 0.1) is 0 Å². The Morgan fingerprint density at radius 1 is 1.21 bits per heavy atom. The highest BCUT2D eigenvalue weighted by Crippen LogP contribution is 2.20. The van der Waals surface area contributed by atoms with Crippen LogP contribution in [0.25, 0.3) is 5.65 Å². The molecule has 0 bridgehead atoms. The van der Waals surface area contributed by atoms with Gasteiger partial charge in [-0.25, -0.2) is 4.52 Å². The van der Waals surface area contributed by atoms with E-state index < -0.39 is 0 Å². The minimum Gasteiger partial charge on any atom is -0.346 e. The topological polar surface area (TPSA) is 42.2 Å². The quantitative estimate of drug-likeness (QED) is 0.793. The average molecular weight is 273 g/mol. The Labute approximate surface area is 116 Å². The molecule has 1 N–H and O–H groups in total. The number of nitrogens with one attached hydrogen (secondary N) is 1. The number of rotatable bonds is 3. The van der Waals surface area contributed by atoms with E-state index in [0.717, 1.165) is 16.2 Å². The maximum atomic E-state index is 5.99. The molecule has 0 fully saturated rings. The number of aromatic nitrogens is 3. The molecule has 3 aromatic rings. The molecule has 1 unspecified atom stereocenters. The van der Waals surface area contributed by atoms with Gasteiger partial charge >= 0.3 is 0 Å². The van der Waals surface area contributed by atoms with E-state index in [9.17, 15) is 0 Å². The van der Waals surface area contributed by atoms with Gasteiger partial charge in [0.1, 0.15) is 0 Å². The van der Waals surface area contributed by atoms with Crippen LogP contribution in [-0.4, -0.2) is 14.6 Å². The van der Waals surface area contributed by atoms with Crippen LogP contribution in [0.15, 0.2) is 48.7 Å². The summed E-state index contributed by atoms with van der Waals surface area (Å²) in [6.45, 7) is 2.05. The third-order valence-corrected chi connectivity index (χ3v) is 3.17. The highest BCUT2D eigenvalue weighted by molar-refractivity contribution is 6.30. The van der Waals surface area contributed by atoms with E-state index in [1.165, 1.54) is 0 Å². The molecule has 3 rings (SSSR count). The van der Waals surface area contributed by atoms with Gasteiger partial charge in [0.05, 0.1) is 6.04 Å². The maximum absolute atomic E-state index is 5.99. The highest BCUT2D eigenvalue weighted by Gasteiger charge is 2.09. The lowest BCUT2D eigenvalue weighted by Crippen LogP contribution is -2.07. The molecule has 0 amide bonds. The fraction of sp³-hybridized carbons (Fsp3) is 0.143. The zero-order chi connectivity index (χ0) is 13.2. The lowest BCUT2D eigenvalue weighted by Gasteiger charge is -2.12. The van der Waals surface area contributed by atoms with Gasteiger partial charge in [-0.3, -0.25) is 0 Å². The van der Waals surface area contributed by atoms with Gasteiger partial charge in [0, 0.05) is 11.2 Å². The van der Waals surface area contributed by atoms with Crippen LogP contribution in [-0.2, 0) is 0 Å². The summed E-state index contributed by atoms with van der Waals surface area (Å²) >= 11 is 5.99. The first-order chi connectivity index (χ1) is 9.22. The van der Waals surface area contributed by atoms with Crippen LogP contribution in [0.4, 0.5) is 5.95 Å². The van der Waals surface area contributed by atoms with Gasteiger partial charge in [0.15, 0.2) is 5.65 Å². The normalized spacial score (nSPS) is 12.5. The van der Waals surface area contributed by atoms with E-state index in [2.05, 4.69) is 22.3 Å². The Bertz CT molecular complexity index is 674. The van der Waals surface area contributed by atoms with Crippen LogP contribution in [0.5, 0.6) is 0 Å². The van der Waals surface area contributed by atoms with Crippen molar-refractivity contribution in [3.8, 4) is 0 Å². The van der Waals surface area contributed by atoms with Crippen molar-refractivity contribution >= 4 is 23.2 Å². The van der Waals surface area contributed by atoms with E-state index in [1.807, 2.05) is 48.7 Å². The molecule has 0 saturated heterocycles. The molecule has 2 aromatic heterocycles. The highest BCUT2D eigenvalue weighted by atomic mass is 35.5. The van der Waals surface area contributed by atoms with Crippen molar-refractivity contribution in [2.75, 3.05) is 5.32 Å². The largest absolute Gasteiger partial charge is 0.346 e. The first kappa shape index (κ1) is 12.0. The molecule has 1 aromatic carbocycles. The fourth-order valence-corrected chi connectivity index (χ4v) is 2.14. The maximum Gasteiger partial charge on any atom is 0.243 e. The van der Waals surface area contributed by atoms with Crippen molar-refractivity contribution < 1.29 is 0 Å². The van der Waals surface area contributed by atoms with Crippen LogP contribution >= 0.6 is 11.6 Å². The van der Waals surface area contributed by atoms with Gasteiger partial charge in [-0.1, -0.05) is 29.8 Å². The summed E-state index contributed by atoms with van der Waals surface area (Å²) in [5, 5.41) is 8.37. The molecule has 0 spiro atoms. The van der Waals surface area contributed by atoms with Crippen LogP contribution in [0.3, 0.4) is 0 Å². The molecule has 0 radical (unpaired) electrons. The van der Waals surface area contributed by atoms with Crippen molar-refractivity contribution in [3.05, 3.63) is 59.2 Å². The lowest BCUT2D eigenvalue weighted by atomic mass is 10.1. The molecule has 0 saturated carbocycles. The molecule has 19 heavy (non-hydrogen) atoms. The van der Waals surface area contributed by atoms with Gasteiger partial charge in [-0.05, 0) is 36.8 Å². The second-order valence-electron chi connectivity index (χ2n) is 4.36. The summed E-state index contributed by atoms with van der Waals surface area (Å²) in [6.07, 6.45) is 1.87. The number of anilines is 1. The van der Waals surface area contributed by atoms with Crippen LogP contribution in [0.1, 0.15) is 18.5 Å². The Morgan fingerprint density at radius 3 is 2.89 bits per heavy atom. The Morgan fingerprint density at radius 2 is 2.11 bits per heavy atom. The molecule has 0 aliphatic carbocycles. The van der Waals surface area contributed by atoms with Gasteiger partial charge in [-0.15, -0.1) is 5.10 Å². The minimum atomic E-state index is 0.0936. The summed E-state index contributed by atoms with van der Waals surface area (Å²) in [5.74, 6) is 0.610. The van der Waals surface area contributed by atoms with Gasteiger partial charge in [0.2, 0.25) is 5.95 Å². The summed E-state index contributed by atoms with van der Waals surface area (Å²) in [6, 6.07) is 13.6. The number of fused-ring (bicyclic) bond motifs is 1. The number of nitrogens with zero attached hydrogens (tertiary/aromatic N) is 3. The van der Waals surface area contributed by atoms with Gasteiger partial charge in [-0.2, -0.15) is 4.98 Å². The first-order valence-corrected chi connectivity index (χ1v) is 6.43. The second kappa shape index (κ2) is 4.90. The molecule has 0 aliphatic heterocycles. The Kier molecular flexibility index (Phi) is 3.09. The monoisotopic (exact) mass is 272 g/mol. The van der Waals surface area contributed by atoms with Crippen molar-refractivity contribution in [2.24, 2.45) is 0 Å². The zero-order valence-electron chi connectivity index (χ0n) is 10.4. The lowest BCUT2D eigenvalue weighted by molar-refractivity contribution is 0.853. The Hall–Kier alpha value is -2.07. The van der Waals surface area contributed by atoms with Crippen molar-refractivity contribution in [3.63, 3.8) is 0 Å². The molecule has 4 nitrogen and oxygen atoms in total. The third-order valence-electron chi connectivity index (χ3n) is 2.94. The molecule has 96 valence electrons. The van der Waals surface area contributed by atoms with E-state index in [0.29, 0.717) is 5.95 Å². The molecule has 2 heterocycles. The summed E-state index contributed by atoms with van der Waals surface area (Å²) in [5.41, 5.74) is 1.93. The average Bonchev–Trinajstić information content (AvgIpc) is 2.80. The van der Waals surface area contributed by atoms with Gasteiger partial charge in [0.25, 0.3) is 0 Å². The summed E-state index contributed by atoms with van der Waals surface area (Å²) in [7, 11) is 0. The number of pyridine rings is 1. The van der Waals surface area contributed by atoms with Gasteiger partial charge < -0.3 is 5.32 Å². The van der Waals surface area contributed by atoms with Crippen LogP contribution in [0.2, 0.25) is 5.02 Å². The first-order valence-electron chi connectivity index (χ1n) is 6.06. The van der Waals surface area contributed by atoms with E-state index in [-0.39, 0.29) is 6.04 Å². The predicted molar refractivity (Wildman–Crippen MR) is 76.5 cm³/mol. The second-order valence-corrected chi connectivity index (χ2v) is 4.80. The zero-order valence-corrected chi connectivity index (χ0v) is 11.2. The van der Waals surface area contributed by atoms with Crippen molar-refractivity contribution in [1.29, 1.82) is 0 Å². The number of halogens is 1. The fourth-order valence-electron chi connectivity index (χ4n) is 1.95. The van der Waals surface area contributed by atoms with E-state index >= 15 is 0 Å². The van der Waals surface area contributed by atoms with Crippen molar-refractivity contribution in [2.45, 2.75) is 13.0 Å². The molecule has 1 atom stereocenters. The van der Waals surface area contributed by atoms with Crippen molar-refractivity contribution in [1.82, 2.24) is 14.6 Å². The number of benzene rings is 1. The predicted octanol–water partition coefficient (Wildman–Crippen LogP) is 3.56. The molecular weight excluding hydrogens is 260 g/mol. The molecular formula is C14H13ClN4. The SMILES string of the molecule is CC(Nc1nc2ccccn2n1)c1cccc(Cl)c1. The van der Waals surface area contributed by atoms with E-state index in [1.54, 1.807) is 4.52 Å². The van der Waals surface area contributed by atoms with Crippen LogP contribution < -0.4 is 5.32 Å². The third kappa shape index (κ3) is 2.53. The molecule has 0 aliphatic rings. The Balaban J connectivity index is 1.84. The summed E-state index contributed by atoms with van der Waals surface area (Å²) < 4.78 is 1.74.